The number of carbonyl (C=O) groups excluding carboxylic acids is 1. The molecule has 7 heteroatoms. The maximum Gasteiger partial charge on any atom is 0.226 e. The molecule has 5 rings (SSSR count). The average molecular weight is 526 g/mol. The highest BCUT2D eigenvalue weighted by Crippen LogP contribution is 2.43. The molecule has 0 radical (unpaired) electrons. The lowest BCUT2D eigenvalue weighted by Crippen LogP contribution is -2.42. The molecule has 1 amide bonds. The Hall–Kier alpha value is -3.71. The number of aryl methyl sites for hydroxylation is 1. The molecule has 6 nitrogen and oxygen atoms in total. The molecule has 2 aromatic carbocycles. The van der Waals surface area contributed by atoms with E-state index >= 15 is 0 Å². The number of pyridine rings is 1. The van der Waals surface area contributed by atoms with Crippen molar-refractivity contribution in [2.24, 2.45) is 0 Å². The normalized spacial score (nSPS) is 20.0. The Bertz CT molecular complexity index is 1380. The Kier molecular flexibility index (Phi) is 6.97. The number of nitrogens with one attached hydrogen (secondary N) is 2. The van der Waals surface area contributed by atoms with Crippen molar-refractivity contribution in [3.05, 3.63) is 95.3 Å². The van der Waals surface area contributed by atoms with E-state index in [0.29, 0.717) is 18.1 Å². The predicted molar refractivity (Wildman–Crippen MR) is 159 cm³/mol. The first kappa shape index (κ1) is 25.9. The predicted octanol–water partition coefficient (Wildman–Crippen LogP) is 6.02. The summed E-state index contributed by atoms with van der Waals surface area (Å²) < 4.78 is 0. The van der Waals surface area contributed by atoms with Gasteiger partial charge in [-0.15, -0.1) is 0 Å². The van der Waals surface area contributed by atoms with Gasteiger partial charge in [-0.1, -0.05) is 35.9 Å². The molecule has 2 atom stereocenters. The summed E-state index contributed by atoms with van der Waals surface area (Å²) >= 11 is 5.82. The molecule has 196 valence electrons. The van der Waals surface area contributed by atoms with Crippen molar-refractivity contribution in [1.82, 2.24) is 15.2 Å². The number of hydrogen-bond acceptors (Lipinski definition) is 4. The number of allylic oxidation sites excluding steroid dienone is 1. The number of nitrogens with zero attached hydrogens (tertiary/aromatic N) is 3. The van der Waals surface area contributed by atoms with Gasteiger partial charge in [-0.25, -0.2) is 0 Å². The maximum absolute atomic E-state index is 12.9. The SMILES string of the molecule is CC1=CC(C)(C)N(C)c2ccc([C@H]3[C@@H](c4ccccn4)NC(=S)N3CCC(=O)Nc3ccc(C)cc3)cc21. The van der Waals surface area contributed by atoms with E-state index in [2.05, 4.69) is 77.5 Å². The summed E-state index contributed by atoms with van der Waals surface area (Å²) in [6.07, 6.45) is 4.45. The number of likely N-dealkylation sites (N-methyl/N-ethyl adjacent to an activating group) is 1. The van der Waals surface area contributed by atoms with Gasteiger partial charge in [-0.05, 0) is 87.4 Å². The minimum Gasteiger partial charge on any atom is -0.366 e. The Morgan fingerprint density at radius 1 is 1.11 bits per heavy atom. The van der Waals surface area contributed by atoms with E-state index < -0.39 is 0 Å². The molecule has 38 heavy (non-hydrogen) atoms. The van der Waals surface area contributed by atoms with E-state index in [1.165, 1.54) is 16.8 Å². The van der Waals surface area contributed by atoms with Crippen LogP contribution in [0.15, 0.2) is 72.9 Å². The quantitative estimate of drug-likeness (QED) is 0.384. The molecule has 1 fully saturated rings. The molecule has 3 aromatic rings. The summed E-state index contributed by atoms with van der Waals surface area (Å²) in [6.45, 7) is 9.16. The molecule has 0 aliphatic carbocycles. The molecule has 0 bridgehead atoms. The lowest BCUT2D eigenvalue weighted by Gasteiger charge is -2.41. The number of fused-ring (bicyclic) bond motifs is 1. The summed E-state index contributed by atoms with van der Waals surface area (Å²) in [4.78, 5) is 22.0. The van der Waals surface area contributed by atoms with Crippen LogP contribution >= 0.6 is 12.2 Å². The lowest BCUT2D eigenvalue weighted by atomic mass is 9.86. The molecule has 0 spiro atoms. The molecule has 1 aromatic heterocycles. The second-order valence-corrected chi connectivity index (χ2v) is 11.2. The highest BCUT2D eigenvalue weighted by Gasteiger charge is 2.40. The van der Waals surface area contributed by atoms with Gasteiger partial charge in [0.05, 0.1) is 23.3 Å². The van der Waals surface area contributed by atoms with Crippen LogP contribution in [-0.4, -0.2) is 40.0 Å². The third-order valence-corrected chi connectivity index (χ3v) is 8.05. The molecule has 2 aliphatic heterocycles. The van der Waals surface area contributed by atoms with Crippen LogP contribution in [0.25, 0.3) is 5.57 Å². The molecule has 2 N–H and O–H groups in total. The number of rotatable bonds is 6. The van der Waals surface area contributed by atoms with Gasteiger partial charge < -0.3 is 20.4 Å². The van der Waals surface area contributed by atoms with Crippen molar-refractivity contribution in [1.29, 1.82) is 0 Å². The summed E-state index contributed by atoms with van der Waals surface area (Å²) in [5, 5.41) is 7.15. The number of aromatic nitrogens is 1. The van der Waals surface area contributed by atoms with Gasteiger partial charge in [0, 0.05) is 43.1 Å². The van der Waals surface area contributed by atoms with Crippen molar-refractivity contribution < 1.29 is 4.79 Å². The van der Waals surface area contributed by atoms with E-state index in [4.69, 9.17) is 12.2 Å². The van der Waals surface area contributed by atoms with Gasteiger partial charge in [-0.2, -0.15) is 0 Å². The van der Waals surface area contributed by atoms with Crippen molar-refractivity contribution >= 4 is 40.2 Å². The van der Waals surface area contributed by atoms with Crippen LogP contribution in [0, 0.1) is 6.92 Å². The zero-order valence-electron chi connectivity index (χ0n) is 22.7. The van der Waals surface area contributed by atoms with Gasteiger partial charge in [0.2, 0.25) is 5.91 Å². The van der Waals surface area contributed by atoms with Gasteiger partial charge >= 0.3 is 0 Å². The Balaban J connectivity index is 1.45. The monoisotopic (exact) mass is 525 g/mol. The fraction of sp³-hybridized carbons (Fsp3) is 0.323. The van der Waals surface area contributed by atoms with Crippen LogP contribution in [-0.2, 0) is 4.79 Å². The topological polar surface area (TPSA) is 60.5 Å². The first-order chi connectivity index (χ1) is 18.1. The number of anilines is 2. The van der Waals surface area contributed by atoms with Gasteiger partial charge in [-0.3, -0.25) is 9.78 Å². The van der Waals surface area contributed by atoms with Crippen molar-refractivity contribution in [3.63, 3.8) is 0 Å². The Labute approximate surface area is 230 Å². The molecule has 1 saturated heterocycles. The zero-order valence-corrected chi connectivity index (χ0v) is 23.5. The van der Waals surface area contributed by atoms with Gasteiger partial charge in [0.1, 0.15) is 0 Å². The molecule has 3 heterocycles. The molecular formula is C31H35N5OS. The van der Waals surface area contributed by atoms with Crippen LogP contribution in [0.2, 0.25) is 0 Å². The summed E-state index contributed by atoms with van der Waals surface area (Å²) in [6, 6.07) is 20.3. The minimum absolute atomic E-state index is 0.0373. The lowest BCUT2D eigenvalue weighted by molar-refractivity contribution is -0.116. The van der Waals surface area contributed by atoms with Crippen molar-refractivity contribution in [2.45, 2.75) is 51.7 Å². The second-order valence-electron chi connectivity index (χ2n) is 10.8. The number of carbonyl (C=O) groups is 1. The van der Waals surface area contributed by atoms with Crippen LogP contribution in [0.4, 0.5) is 11.4 Å². The fourth-order valence-electron chi connectivity index (χ4n) is 5.45. The smallest absolute Gasteiger partial charge is 0.226 e. The summed E-state index contributed by atoms with van der Waals surface area (Å²) in [5.41, 5.74) is 7.67. The number of benzene rings is 2. The highest BCUT2D eigenvalue weighted by molar-refractivity contribution is 7.80. The molecule has 2 aliphatic rings. The second kappa shape index (κ2) is 10.2. The van der Waals surface area contributed by atoms with E-state index in [0.717, 1.165) is 22.5 Å². The maximum atomic E-state index is 12.9. The van der Waals surface area contributed by atoms with E-state index in [1.807, 2.05) is 55.6 Å². The Morgan fingerprint density at radius 2 is 1.87 bits per heavy atom. The largest absolute Gasteiger partial charge is 0.366 e. The summed E-state index contributed by atoms with van der Waals surface area (Å²) in [5.74, 6) is -0.0373. The third-order valence-electron chi connectivity index (χ3n) is 7.70. The number of amides is 1. The van der Waals surface area contributed by atoms with E-state index in [-0.39, 0.29) is 23.5 Å². The fourth-order valence-corrected chi connectivity index (χ4v) is 5.78. The van der Waals surface area contributed by atoms with E-state index in [9.17, 15) is 4.79 Å². The third kappa shape index (κ3) is 5.03. The Morgan fingerprint density at radius 3 is 2.58 bits per heavy atom. The highest BCUT2D eigenvalue weighted by atomic mass is 32.1. The minimum atomic E-state index is -0.121. The van der Waals surface area contributed by atoms with Crippen molar-refractivity contribution in [2.75, 3.05) is 23.8 Å². The zero-order chi connectivity index (χ0) is 27.0. The van der Waals surface area contributed by atoms with Gasteiger partial charge in [0.25, 0.3) is 0 Å². The molecule has 0 saturated carbocycles. The van der Waals surface area contributed by atoms with Crippen LogP contribution in [0.5, 0.6) is 0 Å². The first-order valence-electron chi connectivity index (χ1n) is 13.1. The summed E-state index contributed by atoms with van der Waals surface area (Å²) in [7, 11) is 2.14. The molecular weight excluding hydrogens is 490 g/mol. The first-order valence-corrected chi connectivity index (χ1v) is 13.5. The van der Waals surface area contributed by atoms with Gasteiger partial charge in [0.15, 0.2) is 5.11 Å². The van der Waals surface area contributed by atoms with Crippen LogP contribution in [0.3, 0.4) is 0 Å². The number of hydrogen-bond donors (Lipinski definition) is 2. The van der Waals surface area contributed by atoms with Crippen LogP contribution in [0.1, 0.15) is 61.7 Å². The van der Waals surface area contributed by atoms with Crippen LogP contribution < -0.4 is 15.5 Å². The average Bonchev–Trinajstić information content (AvgIpc) is 3.23. The molecule has 0 unspecified atom stereocenters. The standard InChI is InChI=1S/C31H35N5OS/c1-20-9-12-23(13-10-20)33-27(37)15-17-36-29(28(34-30(36)38)25-8-6-7-16-32-25)22-11-14-26-24(18-22)21(2)19-31(3,4)35(26)5/h6-14,16,18-19,28-29H,15,17H2,1-5H3,(H,33,37)(H,34,38)/t28-,29+/m1/s1. The number of thiocarbonyl (C=S) groups is 1. The van der Waals surface area contributed by atoms with Crippen molar-refractivity contribution in [3.8, 4) is 0 Å². The van der Waals surface area contributed by atoms with E-state index in [1.54, 1.807) is 0 Å².